The van der Waals surface area contributed by atoms with Crippen LogP contribution < -0.4 is 0 Å². The zero-order valence-corrected chi connectivity index (χ0v) is 5.26. The smallest absolute Gasteiger partial charge is 0.0871 e. The first-order valence-corrected chi connectivity index (χ1v) is 3.25. The largest absolute Gasteiger partial charge is 0.276 e. The van der Waals surface area contributed by atoms with E-state index < -0.39 is 0 Å². The molecule has 1 aliphatic carbocycles. The third kappa shape index (κ3) is 0.319. The molecule has 0 radical (unpaired) electrons. The predicted molar refractivity (Wildman–Crippen MR) is 37.7 cm³/mol. The summed E-state index contributed by atoms with van der Waals surface area (Å²) in [6.45, 7) is 0. The quantitative estimate of drug-likeness (QED) is 0.559. The molecule has 0 saturated carbocycles. The molecule has 0 atom stereocenters. The summed E-state index contributed by atoms with van der Waals surface area (Å²) in [6, 6.07) is 0. The van der Waals surface area contributed by atoms with E-state index in [9.17, 15) is 0 Å². The number of aromatic amines is 1. The molecule has 3 rings (SSSR count). The molecule has 48 valence electrons. The maximum Gasteiger partial charge on any atom is 0.0871 e. The molecular weight excluding hydrogens is 126 g/mol. The van der Waals surface area contributed by atoms with Crippen LogP contribution in [0.3, 0.4) is 0 Å². The zero-order valence-electron chi connectivity index (χ0n) is 5.26. The molecule has 1 N–H and O–H groups in total. The third-order valence-electron chi connectivity index (χ3n) is 2.01. The Morgan fingerprint density at radius 2 is 2.50 bits per heavy atom. The van der Waals surface area contributed by atoms with Crippen molar-refractivity contribution >= 4 is 11.3 Å². The molecule has 0 unspecified atom stereocenters. The van der Waals surface area contributed by atoms with Gasteiger partial charge >= 0.3 is 0 Å². The van der Waals surface area contributed by atoms with Crippen LogP contribution in [-0.4, -0.2) is 15.9 Å². The van der Waals surface area contributed by atoms with E-state index in [0.717, 1.165) is 17.8 Å². The molecule has 1 aliphatic heterocycles. The molecule has 0 fully saturated rings. The molecule has 1 aromatic heterocycles. The van der Waals surface area contributed by atoms with Crippen molar-refractivity contribution in [2.24, 2.45) is 4.99 Å². The van der Waals surface area contributed by atoms with Crippen LogP contribution in [0.2, 0.25) is 0 Å². The van der Waals surface area contributed by atoms with E-state index in [1.807, 2.05) is 12.4 Å². The number of nitrogens with one attached hydrogen (secondary N) is 1. The number of H-pyrrole nitrogens is 1. The van der Waals surface area contributed by atoms with Crippen LogP contribution in [-0.2, 0) is 0 Å². The fourth-order valence-corrected chi connectivity index (χ4v) is 1.49. The van der Waals surface area contributed by atoms with Crippen LogP contribution in [0.15, 0.2) is 17.4 Å². The van der Waals surface area contributed by atoms with Gasteiger partial charge in [-0.25, -0.2) is 0 Å². The average Bonchev–Trinajstić information content (AvgIpc) is 2.60. The Labute approximate surface area is 57.5 Å². The van der Waals surface area contributed by atoms with Crippen LogP contribution in [0.4, 0.5) is 0 Å². The summed E-state index contributed by atoms with van der Waals surface area (Å²) in [6.07, 6.45) is 4.79. The molecule has 0 saturated heterocycles. The SMILES string of the molecule is C1=C2CC(=N1)c1[nH]ncc12. The van der Waals surface area contributed by atoms with Gasteiger partial charge in [-0.3, -0.25) is 10.1 Å². The Morgan fingerprint density at radius 3 is 3.40 bits per heavy atom. The molecule has 0 aromatic carbocycles. The van der Waals surface area contributed by atoms with E-state index >= 15 is 0 Å². The van der Waals surface area contributed by atoms with Crippen molar-refractivity contribution in [2.75, 3.05) is 0 Å². The number of rotatable bonds is 0. The number of hydrogen-bond acceptors (Lipinski definition) is 2. The summed E-state index contributed by atoms with van der Waals surface area (Å²) in [5.41, 5.74) is 4.81. The minimum absolute atomic E-state index is 1.00. The highest BCUT2D eigenvalue weighted by Gasteiger charge is 2.27. The zero-order chi connectivity index (χ0) is 6.55. The highest BCUT2D eigenvalue weighted by Crippen LogP contribution is 2.35. The van der Waals surface area contributed by atoms with Gasteiger partial charge in [0.2, 0.25) is 0 Å². The minimum Gasteiger partial charge on any atom is -0.276 e. The Bertz CT molecular complexity index is 324. The van der Waals surface area contributed by atoms with Crippen LogP contribution in [0, 0.1) is 0 Å². The molecule has 2 heterocycles. The molecule has 2 bridgehead atoms. The van der Waals surface area contributed by atoms with E-state index in [1.165, 1.54) is 11.1 Å². The van der Waals surface area contributed by atoms with Gasteiger partial charge in [0, 0.05) is 18.2 Å². The number of hydrogen-bond donors (Lipinski definition) is 1. The summed E-state index contributed by atoms with van der Waals surface area (Å²) in [5.74, 6) is 0. The second kappa shape index (κ2) is 1.21. The lowest BCUT2D eigenvalue weighted by molar-refractivity contribution is 1.08. The lowest BCUT2D eigenvalue weighted by Crippen LogP contribution is -1.92. The maximum atomic E-state index is 4.20. The lowest BCUT2D eigenvalue weighted by Gasteiger charge is -1.91. The van der Waals surface area contributed by atoms with Gasteiger partial charge in [0.25, 0.3) is 0 Å². The van der Waals surface area contributed by atoms with Crippen LogP contribution >= 0.6 is 0 Å². The average molecular weight is 131 g/mol. The van der Waals surface area contributed by atoms with Crippen LogP contribution in [0.5, 0.6) is 0 Å². The van der Waals surface area contributed by atoms with Gasteiger partial charge in [0.1, 0.15) is 0 Å². The molecule has 0 spiro atoms. The van der Waals surface area contributed by atoms with E-state index in [2.05, 4.69) is 15.2 Å². The van der Waals surface area contributed by atoms with Crippen molar-refractivity contribution in [3.63, 3.8) is 0 Å². The Balaban J connectivity index is 2.46. The number of aromatic nitrogens is 2. The van der Waals surface area contributed by atoms with Crippen molar-refractivity contribution in [3.05, 3.63) is 23.7 Å². The van der Waals surface area contributed by atoms with Gasteiger partial charge in [0.15, 0.2) is 0 Å². The van der Waals surface area contributed by atoms with Gasteiger partial charge in [-0.2, -0.15) is 5.10 Å². The Kier molecular flexibility index (Phi) is 0.537. The van der Waals surface area contributed by atoms with Crippen molar-refractivity contribution in [1.82, 2.24) is 10.2 Å². The first-order chi connectivity index (χ1) is 4.95. The summed E-state index contributed by atoms with van der Waals surface area (Å²) in [4.78, 5) is 4.20. The molecule has 1 aromatic rings. The highest BCUT2D eigenvalue weighted by atomic mass is 15.1. The third-order valence-corrected chi connectivity index (χ3v) is 2.01. The van der Waals surface area contributed by atoms with E-state index in [4.69, 9.17) is 0 Å². The predicted octanol–water partition coefficient (Wildman–Crippen LogP) is 0.957. The van der Waals surface area contributed by atoms with Gasteiger partial charge < -0.3 is 0 Å². The van der Waals surface area contributed by atoms with Gasteiger partial charge in [-0.15, -0.1) is 0 Å². The van der Waals surface area contributed by atoms with Crippen LogP contribution in [0.25, 0.3) is 5.57 Å². The standard InChI is InChI=1S/C7H5N3/c1-4-2-8-6(1)7-5(4)3-9-10-7/h2-3H,1H2,(H,9,10). The maximum absolute atomic E-state index is 4.20. The number of fused-ring (bicyclic) bond motifs is 5. The second-order valence-electron chi connectivity index (χ2n) is 2.57. The summed E-state index contributed by atoms with van der Waals surface area (Å²) in [5, 5.41) is 6.87. The van der Waals surface area contributed by atoms with E-state index in [0.29, 0.717) is 0 Å². The summed E-state index contributed by atoms with van der Waals surface area (Å²) < 4.78 is 0. The number of nitrogens with zero attached hydrogens (tertiary/aromatic N) is 2. The van der Waals surface area contributed by atoms with E-state index in [1.54, 1.807) is 0 Å². The summed E-state index contributed by atoms with van der Waals surface area (Å²) in [7, 11) is 0. The number of allylic oxidation sites excluding steroid dienone is 1. The fraction of sp³-hybridized carbons (Fsp3) is 0.143. The highest BCUT2D eigenvalue weighted by molar-refractivity contribution is 6.16. The van der Waals surface area contributed by atoms with Gasteiger partial charge in [-0.05, 0) is 5.57 Å². The van der Waals surface area contributed by atoms with Crippen molar-refractivity contribution in [2.45, 2.75) is 6.42 Å². The first kappa shape index (κ1) is 4.44. The second-order valence-corrected chi connectivity index (χ2v) is 2.57. The molecular formula is C7H5N3. The topological polar surface area (TPSA) is 41.0 Å². The number of aliphatic imine (C=N–C) groups is 1. The van der Waals surface area contributed by atoms with Crippen molar-refractivity contribution < 1.29 is 0 Å². The molecule has 0 amide bonds. The minimum atomic E-state index is 1.00. The molecule has 2 aliphatic rings. The Morgan fingerprint density at radius 1 is 1.50 bits per heavy atom. The fourth-order valence-electron chi connectivity index (χ4n) is 1.49. The summed E-state index contributed by atoms with van der Waals surface area (Å²) >= 11 is 0. The first-order valence-electron chi connectivity index (χ1n) is 3.25. The normalized spacial score (nSPS) is 18.8. The van der Waals surface area contributed by atoms with Crippen LogP contribution in [0.1, 0.15) is 17.7 Å². The van der Waals surface area contributed by atoms with Crippen molar-refractivity contribution in [1.29, 1.82) is 0 Å². The molecule has 3 nitrogen and oxygen atoms in total. The Hall–Kier alpha value is -1.38. The lowest BCUT2D eigenvalue weighted by atomic mass is 10.2. The van der Waals surface area contributed by atoms with E-state index in [-0.39, 0.29) is 0 Å². The van der Waals surface area contributed by atoms with Crippen molar-refractivity contribution in [3.8, 4) is 0 Å². The van der Waals surface area contributed by atoms with Gasteiger partial charge in [0.05, 0.1) is 17.6 Å². The van der Waals surface area contributed by atoms with Gasteiger partial charge in [-0.1, -0.05) is 0 Å². The molecule has 3 heteroatoms. The monoisotopic (exact) mass is 131 g/mol. The molecule has 10 heavy (non-hydrogen) atoms.